The van der Waals surface area contributed by atoms with Gasteiger partial charge in [0, 0.05) is 35.6 Å². The van der Waals surface area contributed by atoms with Gasteiger partial charge in [-0.15, -0.1) is 11.3 Å². The number of fused-ring (bicyclic) bond motifs is 1. The minimum atomic E-state index is 0.0744. The van der Waals surface area contributed by atoms with Gasteiger partial charge in [0.25, 0.3) is 5.78 Å². The molecule has 1 saturated heterocycles. The molecule has 1 N–H and O–H groups in total. The normalized spacial score (nSPS) is 15.6. The van der Waals surface area contributed by atoms with Crippen molar-refractivity contribution in [1.29, 1.82) is 0 Å². The molecule has 0 unspecified atom stereocenters. The summed E-state index contributed by atoms with van der Waals surface area (Å²) in [5.74, 6) is 1.85. The Bertz CT molecular complexity index is 867. The van der Waals surface area contributed by atoms with Crippen LogP contribution in [0.5, 0.6) is 0 Å². The molecular weight excluding hydrogens is 336 g/mol. The summed E-state index contributed by atoms with van der Waals surface area (Å²) in [6.07, 6.45) is 3.21. The van der Waals surface area contributed by atoms with Crippen molar-refractivity contribution in [3.05, 3.63) is 40.5 Å². The van der Waals surface area contributed by atoms with E-state index in [4.69, 9.17) is 0 Å². The van der Waals surface area contributed by atoms with Crippen molar-refractivity contribution in [1.82, 2.24) is 24.9 Å². The third-order valence-corrected chi connectivity index (χ3v) is 5.44. The van der Waals surface area contributed by atoms with E-state index < -0.39 is 0 Å². The molecule has 3 aromatic heterocycles. The predicted octanol–water partition coefficient (Wildman–Crippen LogP) is 2.03. The van der Waals surface area contributed by atoms with Crippen LogP contribution in [-0.2, 0) is 11.3 Å². The molecule has 8 heteroatoms. The Hall–Kier alpha value is -2.48. The number of hydrogen-bond donors (Lipinski definition) is 1. The van der Waals surface area contributed by atoms with Crippen LogP contribution in [0, 0.1) is 12.8 Å². The number of nitrogens with zero attached hydrogens (tertiary/aromatic N) is 5. The summed E-state index contributed by atoms with van der Waals surface area (Å²) in [7, 11) is 0. The second-order valence-corrected chi connectivity index (χ2v) is 7.32. The summed E-state index contributed by atoms with van der Waals surface area (Å²) in [6, 6.07) is 6.08. The fourth-order valence-electron chi connectivity index (χ4n) is 3.24. The third-order valence-electron chi connectivity index (χ3n) is 4.57. The van der Waals surface area contributed by atoms with Crippen LogP contribution >= 0.6 is 11.3 Å². The largest absolute Gasteiger partial charge is 0.356 e. The lowest BCUT2D eigenvalue weighted by Crippen LogP contribution is -2.41. The number of carbonyl (C=O) groups is 1. The van der Waals surface area contributed by atoms with Gasteiger partial charge in [-0.1, -0.05) is 6.07 Å². The molecule has 3 aromatic rings. The van der Waals surface area contributed by atoms with Crippen LogP contribution in [0.25, 0.3) is 5.78 Å². The third kappa shape index (κ3) is 3.34. The second-order valence-electron chi connectivity index (χ2n) is 6.29. The Kier molecular flexibility index (Phi) is 4.35. The van der Waals surface area contributed by atoms with Crippen LogP contribution in [-0.4, -0.2) is 38.6 Å². The van der Waals surface area contributed by atoms with Crippen molar-refractivity contribution in [3.8, 4) is 0 Å². The Labute approximate surface area is 149 Å². The molecule has 0 spiro atoms. The van der Waals surface area contributed by atoms with E-state index in [1.54, 1.807) is 15.9 Å². The van der Waals surface area contributed by atoms with E-state index in [1.165, 1.54) is 11.2 Å². The number of piperidine rings is 1. The van der Waals surface area contributed by atoms with E-state index in [-0.39, 0.29) is 11.8 Å². The first-order valence-corrected chi connectivity index (χ1v) is 9.31. The standard InChI is InChI=1S/C17H20N6OS/c1-12-9-15(23-17(21-12)19-11-20-23)22-6-4-13(5-7-22)16(24)18-10-14-3-2-8-25-14/h2-3,8-9,11,13H,4-7,10H2,1H3,(H,18,24). The minimum absolute atomic E-state index is 0.0744. The highest BCUT2D eigenvalue weighted by atomic mass is 32.1. The van der Waals surface area contributed by atoms with Gasteiger partial charge >= 0.3 is 0 Å². The fourth-order valence-corrected chi connectivity index (χ4v) is 3.88. The number of aryl methyl sites for hydroxylation is 1. The van der Waals surface area contributed by atoms with Crippen molar-refractivity contribution in [2.75, 3.05) is 18.0 Å². The molecular formula is C17H20N6OS. The molecule has 1 fully saturated rings. The molecule has 0 atom stereocenters. The molecule has 0 aromatic carbocycles. The van der Waals surface area contributed by atoms with E-state index in [2.05, 4.69) is 25.3 Å². The lowest BCUT2D eigenvalue weighted by atomic mass is 9.96. The van der Waals surface area contributed by atoms with Crippen LogP contribution < -0.4 is 10.2 Å². The SMILES string of the molecule is Cc1cc(N2CCC(C(=O)NCc3cccs3)CC2)n2ncnc2n1. The average molecular weight is 356 g/mol. The molecule has 25 heavy (non-hydrogen) atoms. The number of aromatic nitrogens is 4. The van der Waals surface area contributed by atoms with Crippen LogP contribution in [0.15, 0.2) is 29.9 Å². The molecule has 0 bridgehead atoms. The van der Waals surface area contributed by atoms with Gasteiger partial charge in [0.2, 0.25) is 5.91 Å². The minimum Gasteiger partial charge on any atom is -0.356 e. The molecule has 0 aliphatic carbocycles. The van der Waals surface area contributed by atoms with Gasteiger partial charge < -0.3 is 10.2 Å². The number of rotatable bonds is 4. The Balaban J connectivity index is 1.39. The van der Waals surface area contributed by atoms with Crippen molar-refractivity contribution in [2.45, 2.75) is 26.3 Å². The number of anilines is 1. The molecule has 1 aliphatic heterocycles. The highest BCUT2D eigenvalue weighted by Crippen LogP contribution is 2.24. The van der Waals surface area contributed by atoms with E-state index in [0.29, 0.717) is 12.3 Å². The van der Waals surface area contributed by atoms with Crippen LogP contribution in [0.1, 0.15) is 23.4 Å². The van der Waals surface area contributed by atoms with Crippen molar-refractivity contribution in [2.24, 2.45) is 5.92 Å². The highest BCUT2D eigenvalue weighted by Gasteiger charge is 2.26. The van der Waals surface area contributed by atoms with Crippen molar-refractivity contribution in [3.63, 3.8) is 0 Å². The molecule has 4 heterocycles. The van der Waals surface area contributed by atoms with E-state index in [9.17, 15) is 4.79 Å². The Morgan fingerprint density at radius 3 is 3.00 bits per heavy atom. The van der Waals surface area contributed by atoms with E-state index in [0.717, 1.165) is 37.4 Å². The molecule has 0 radical (unpaired) electrons. The summed E-state index contributed by atoms with van der Waals surface area (Å²) >= 11 is 1.67. The number of hydrogen-bond acceptors (Lipinski definition) is 6. The average Bonchev–Trinajstić information content (AvgIpc) is 3.30. The van der Waals surface area contributed by atoms with Crippen molar-refractivity contribution < 1.29 is 4.79 Å². The number of nitrogens with one attached hydrogen (secondary N) is 1. The molecule has 130 valence electrons. The maximum absolute atomic E-state index is 12.4. The zero-order chi connectivity index (χ0) is 17.2. The van der Waals surface area contributed by atoms with E-state index in [1.807, 2.05) is 30.5 Å². The predicted molar refractivity (Wildman–Crippen MR) is 96.6 cm³/mol. The summed E-state index contributed by atoms with van der Waals surface area (Å²) in [6.45, 7) is 4.24. The zero-order valence-electron chi connectivity index (χ0n) is 14.1. The summed E-state index contributed by atoms with van der Waals surface area (Å²) in [5.41, 5.74) is 0.923. The lowest BCUT2D eigenvalue weighted by molar-refractivity contribution is -0.125. The summed E-state index contributed by atoms with van der Waals surface area (Å²) < 4.78 is 1.77. The molecule has 1 aliphatic rings. The molecule has 4 rings (SSSR count). The van der Waals surface area contributed by atoms with Gasteiger partial charge in [-0.05, 0) is 31.2 Å². The monoisotopic (exact) mass is 356 g/mol. The first-order chi connectivity index (χ1) is 12.2. The topological polar surface area (TPSA) is 75.4 Å². The smallest absolute Gasteiger partial charge is 0.254 e. The van der Waals surface area contributed by atoms with Gasteiger partial charge in [-0.3, -0.25) is 4.79 Å². The highest BCUT2D eigenvalue weighted by molar-refractivity contribution is 7.09. The van der Waals surface area contributed by atoms with Crippen LogP contribution in [0.3, 0.4) is 0 Å². The van der Waals surface area contributed by atoms with Crippen LogP contribution in [0.2, 0.25) is 0 Å². The molecule has 1 amide bonds. The number of thiophene rings is 1. The molecule has 0 saturated carbocycles. The zero-order valence-corrected chi connectivity index (χ0v) is 14.9. The Morgan fingerprint density at radius 1 is 1.40 bits per heavy atom. The first kappa shape index (κ1) is 16.0. The number of carbonyl (C=O) groups excluding carboxylic acids is 1. The summed E-state index contributed by atoms with van der Waals surface area (Å²) in [4.78, 5) is 24.4. The quantitative estimate of drug-likeness (QED) is 0.774. The van der Waals surface area contributed by atoms with Gasteiger partial charge in [-0.25, -0.2) is 4.98 Å². The fraction of sp³-hybridized carbons (Fsp3) is 0.412. The summed E-state index contributed by atoms with van der Waals surface area (Å²) in [5, 5.41) is 9.36. The van der Waals surface area contributed by atoms with E-state index >= 15 is 0 Å². The van der Waals surface area contributed by atoms with Crippen LogP contribution in [0.4, 0.5) is 5.82 Å². The van der Waals surface area contributed by atoms with Gasteiger partial charge in [-0.2, -0.15) is 14.6 Å². The lowest BCUT2D eigenvalue weighted by Gasteiger charge is -2.32. The van der Waals surface area contributed by atoms with Gasteiger partial charge in [0.15, 0.2) is 0 Å². The maximum atomic E-state index is 12.4. The second kappa shape index (κ2) is 6.79. The first-order valence-electron chi connectivity index (χ1n) is 8.43. The van der Waals surface area contributed by atoms with Gasteiger partial charge in [0.05, 0.1) is 6.54 Å². The molecule has 7 nitrogen and oxygen atoms in total. The number of amides is 1. The maximum Gasteiger partial charge on any atom is 0.254 e. The van der Waals surface area contributed by atoms with Gasteiger partial charge in [0.1, 0.15) is 12.1 Å². The van der Waals surface area contributed by atoms with Crippen molar-refractivity contribution >= 4 is 28.8 Å². The Morgan fingerprint density at radius 2 is 2.24 bits per heavy atom.